The van der Waals surface area contributed by atoms with Gasteiger partial charge in [0, 0.05) is 0 Å². The van der Waals surface area contributed by atoms with Crippen molar-refractivity contribution < 1.29 is 69.2 Å². The molecule has 20 valence electrons. The molecule has 0 nitrogen and oxygen atoms in total. The largest absolute Gasteiger partial charge is 2.00 e. The van der Waals surface area contributed by atoms with E-state index in [1.54, 1.807) is 0 Å². The summed E-state index contributed by atoms with van der Waals surface area (Å²) in [5.41, 5.74) is 0. The molecule has 0 rings (SSSR count). The third-order valence-corrected chi connectivity index (χ3v) is 0. The molecule has 2 radical (unpaired) electrons. The van der Waals surface area contributed by atoms with Gasteiger partial charge in [0.25, 0.3) is 0 Å². The van der Waals surface area contributed by atoms with Crippen LogP contribution in [0.5, 0.6) is 0 Å². The molecule has 4 heteroatoms. The Kier molecular flexibility index (Phi) is 173. The molecule has 0 atom stereocenters. The second-order valence-corrected chi connectivity index (χ2v) is 0. The summed E-state index contributed by atoms with van der Waals surface area (Å²) < 4.78 is 0. The number of rotatable bonds is 0. The fourth-order valence-corrected chi connectivity index (χ4v) is 0. The van der Waals surface area contributed by atoms with E-state index in [2.05, 4.69) is 0 Å². The molecular weight excluding hydrogens is 180 g/mol. The van der Waals surface area contributed by atoms with Gasteiger partial charge in [-0.1, -0.05) is 0 Å². The summed E-state index contributed by atoms with van der Waals surface area (Å²) in [6, 6.07) is 0. The fourth-order valence-electron chi connectivity index (χ4n) is 0. The Bertz CT molecular complexity index is 8.00. The summed E-state index contributed by atoms with van der Waals surface area (Å²) in [6.45, 7) is 0. The molecular formula is CoLiMnNi+7. The smallest absolute Gasteiger partial charge is 1.00 e. The first kappa shape index (κ1) is 35.7. The van der Waals surface area contributed by atoms with E-state index in [0.717, 1.165) is 0 Å². The minimum absolute atomic E-state index is 0. The average molecular weight is 180 g/mol. The van der Waals surface area contributed by atoms with Gasteiger partial charge < -0.3 is 0 Å². The van der Waals surface area contributed by atoms with E-state index in [4.69, 9.17) is 0 Å². The van der Waals surface area contributed by atoms with Crippen molar-refractivity contribution in [1.82, 2.24) is 0 Å². The fraction of sp³-hybridized carbons (Fsp3) is 0. The molecule has 0 aromatic rings. The van der Waals surface area contributed by atoms with Crippen LogP contribution in [-0.2, 0) is 50.3 Å². The maximum atomic E-state index is 0. The van der Waals surface area contributed by atoms with Gasteiger partial charge in [-0.05, 0) is 0 Å². The molecule has 0 aromatic carbocycles. The number of hydrogen-bond donors (Lipinski definition) is 0. The maximum absolute atomic E-state index is 0. The minimum atomic E-state index is 0. The Labute approximate surface area is 68.6 Å². The van der Waals surface area contributed by atoms with Crippen molar-refractivity contribution >= 4 is 0 Å². The zero-order chi connectivity index (χ0) is 0. The van der Waals surface area contributed by atoms with Gasteiger partial charge in [-0.2, -0.15) is 0 Å². The monoisotopic (exact) mass is 179 g/mol. The Balaban J connectivity index is 0. The molecule has 0 heterocycles. The van der Waals surface area contributed by atoms with E-state index in [0.29, 0.717) is 0 Å². The van der Waals surface area contributed by atoms with Gasteiger partial charge in [0.05, 0.1) is 0 Å². The Hall–Kier alpha value is 2.12. The van der Waals surface area contributed by atoms with E-state index in [1.807, 2.05) is 0 Å². The number of hydrogen-bond acceptors (Lipinski definition) is 0. The van der Waals surface area contributed by atoms with Crippen LogP contribution < -0.4 is 18.9 Å². The Morgan fingerprint density at radius 1 is 1.00 bits per heavy atom. The van der Waals surface area contributed by atoms with Crippen LogP contribution in [0.4, 0.5) is 0 Å². The Morgan fingerprint density at radius 3 is 1.00 bits per heavy atom. The standard InChI is InChI=1S/Co.Li.Mn.Ni/q+2;+1;2*+2. The molecule has 0 bridgehead atoms. The quantitative estimate of drug-likeness (QED) is 0.348. The summed E-state index contributed by atoms with van der Waals surface area (Å²) in [7, 11) is 0. The molecule has 0 saturated heterocycles. The zero-order valence-electron chi connectivity index (χ0n) is 2.03. The van der Waals surface area contributed by atoms with Crippen LogP contribution in [0.3, 0.4) is 0 Å². The van der Waals surface area contributed by atoms with E-state index in [-0.39, 0.29) is 69.2 Å². The van der Waals surface area contributed by atoms with Crippen molar-refractivity contribution in [3.63, 3.8) is 0 Å². The summed E-state index contributed by atoms with van der Waals surface area (Å²) in [6.07, 6.45) is 0. The summed E-state index contributed by atoms with van der Waals surface area (Å²) in [5.74, 6) is 0. The molecule has 0 aliphatic rings. The zero-order valence-corrected chi connectivity index (χ0v) is 5.24. The summed E-state index contributed by atoms with van der Waals surface area (Å²) in [5, 5.41) is 0. The predicted octanol–water partition coefficient (Wildman–Crippen LogP) is -3.00. The molecule has 0 N–H and O–H groups in total. The molecule has 0 fully saturated rings. The first-order valence-corrected chi connectivity index (χ1v) is 0. The third kappa shape index (κ3) is 8.93. The van der Waals surface area contributed by atoms with Gasteiger partial charge >= 0.3 is 69.2 Å². The van der Waals surface area contributed by atoms with Crippen molar-refractivity contribution in [3.05, 3.63) is 0 Å². The van der Waals surface area contributed by atoms with Crippen LogP contribution in [-0.4, -0.2) is 0 Å². The van der Waals surface area contributed by atoms with Crippen LogP contribution in [0.25, 0.3) is 0 Å². The van der Waals surface area contributed by atoms with Gasteiger partial charge in [0.15, 0.2) is 0 Å². The second-order valence-electron chi connectivity index (χ2n) is 0. The van der Waals surface area contributed by atoms with Crippen LogP contribution in [0.2, 0.25) is 0 Å². The van der Waals surface area contributed by atoms with Crippen LogP contribution >= 0.6 is 0 Å². The molecule has 0 aliphatic carbocycles. The maximum Gasteiger partial charge on any atom is 2.00 e. The van der Waals surface area contributed by atoms with Gasteiger partial charge in [-0.25, -0.2) is 0 Å². The van der Waals surface area contributed by atoms with Crippen molar-refractivity contribution in [3.8, 4) is 0 Å². The molecule has 0 aliphatic heterocycles. The first-order chi connectivity index (χ1) is 0. The molecule has 0 amide bonds. The van der Waals surface area contributed by atoms with Crippen molar-refractivity contribution in [1.29, 1.82) is 0 Å². The van der Waals surface area contributed by atoms with Gasteiger partial charge in [0.1, 0.15) is 0 Å². The third-order valence-electron chi connectivity index (χ3n) is 0. The van der Waals surface area contributed by atoms with Gasteiger partial charge in [-0.3, -0.25) is 0 Å². The molecule has 4 heavy (non-hydrogen) atoms. The van der Waals surface area contributed by atoms with E-state index in [1.165, 1.54) is 0 Å². The van der Waals surface area contributed by atoms with Gasteiger partial charge in [-0.15, -0.1) is 0 Å². The normalized spacial score (nSPS) is 0. The van der Waals surface area contributed by atoms with Gasteiger partial charge in [0.2, 0.25) is 0 Å². The molecule has 0 unspecified atom stereocenters. The minimum Gasteiger partial charge on any atom is 1.00 e. The van der Waals surface area contributed by atoms with Crippen LogP contribution in [0.15, 0.2) is 0 Å². The average Bonchev–Trinajstić information content (AvgIpc) is 0. The summed E-state index contributed by atoms with van der Waals surface area (Å²) >= 11 is 0. The first-order valence-electron chi connectivity index (χ1n) is 0. The SMILES string of the molecule is [Co+2].[Li+].[Mn+2].[Ni+2]. The van der Waals surface area contributed by atoms with Crippen LogP contribution in [0.1, 0.15) is 0 Å². The molecule has 0 spiro atoms. The molecule has 0 aromatic heterocycles. The predicted molar refractivity (Wildman–Crippen MR) is 0 cm³/mol. The van der Waals surface area contributed by atoms with E-state index >= 15 is 0 Å². The topological polar surface area (TPSA) is 0 Å². The van der Waals surface area contributed by atoms with E-state index in [9.17, 15) is 0 Å². The summed E-state index contributed by atoms with van der Waals surface area (Å²) in [4.78, 5) is 0. The van der Waals surface area contributed by atoms with Crippen molar-refractivity contribution in [2.45, 2.75) is 0 Å². The van der Waals surface area contributed by atoms with Crippen LogP contribution in [0, 0.1) is 0 Å². The van der Waals surface area contributed by atoms with E-state index < -0.39 is 0 Å². The molecule has 0 saturated carbocycles. The second kappa shape index (κ2) is 19.4. The van der Waals surface area contributed by atoms with Crippen molar-refractivity contribution in [2.75, 3.05) is 0 Å². The van der Waals surface area contributed by atoms with Crippen molar-refractivity contribution in [2.24, 2.45) is 0 Å². The Morgan fingerprint density at radius 2 is 1.00 bits per heavy atom.